The van der Waals surface area contributed by atoms with E-state index in [0.717, 1.165) is 16.8 Å². The Kier molecular flexibility index (Phi) is 4.99. The summed E-state index contributed by atoms with van der Waals surface area (Å²) in [5.74, 6) is 1.51. The van der Waals surface area contributed by atoms with Gasteiger partial charge in [-0.2, -0.15) is 10.3 Å². The molecule has 0 amide bonds. The summed E-state index contributed by atoms with van der Waals surface area (Å²) in [7, 11) is 0. The Morgan fingerprint density at radius 3 is 2.65 bits per heavy atom. The number of fused-ring (bicyclic) bond motifs is 1. The van der Waals surface area contributed by atoms with Crippen LogP contribution in [0.25, 0.3) is 11.1 Å². The number of nitrogens with zero attached hydrogens (tertiary/aromatic N) is 5. The molecule has 0 saturated carbocycles. The minimum Gasteiger partial charge on any atom is -0.440 e. The van der Waals surface area contributed by atoms with Gasteiger partial charge in [0.15, 0.2) is 6.17 Å². The van der Waals surface area contributed by atoms with Crippen LogP contribution in [0.5, 0.6) is 5.75 Å². The first-order valence-electron chi connectivity index (χ1n) is 9.96. The van der Waals surface area contributed by atoms with Gasteiger partial charge in [0, 0.05) is 18.1 Å². The number of nitrogens with one attached hydrogen (secondary N) is 2. The van der Waals surface area contributed by atoms with Crippen LogP contribution in [-0.2, 0) is 0 Å². The fourth-order valence-electron chi connectivity index (χ4n) is 3.47. The standard InChI is InChI=1S/C23H19N7O/c24-13-15-1-5-18(6-2-15)28-23-29-21-20(26-14-27-21)22(30-23)31-19-7-3-16(4-8-19)17-9-11-25-12-10-17/h1,3-12,14-15,20-21H,2H2,(H,26,27)(H,28,29). The molecule has 2 N–H and O–H groups in total. The zero-order chi connectivity index (χ0) is 21.0. The Labute approximate surface area is 179 Å². The zero-order valence-electron chi connectivity index (χ0n) is 16.5. The molecule has 1 aromatic heterocycles. The highest BCUT2D eigenvalue weighted by Crippen LogP contribution is 2.23. The second kappa shape index (κ2) is 8.24. The van der Waals surface area contributed by atoms with Gasteiger partial charge in [0.1, 0.15) is 11.8 Å². The minimum atomic E-state index is -0.342. The number of guanidine groups is 1. The lowest BCUT2D eigenvalue weighted by Crippen LogP contribution is -2.46. The third-order valence-electron chi connectivity index (χ3n) is 5.13. The number of aromatic nitrogens is 1. The maximum atomic E-state index is 9.02. The van der Waals surface area contributed by atoms with Crippen LogP contribution in [0.1, 0.15) is 6.42 Å². The van der Waals surface area contributed by atoms with E-state index in [1.54, 1.807) is 18.7 Å². The monoisotopic (exact) mass is 409 g/mol. The summed E-state index contributed by atoms with van der Waals surface area (Å²) in [5, 5.41) is 15.4. The lowest BCUT2D eigenvalue weighted by molar-refractivity contribution is 0.483. The molecular weight excluding hydrogens is 390 g/mol. The molecule has 0 fully saturated rings. The fourth-order valence-corrected chi connectivity index (χ4v) is 3.47. The van der Waals surface area contributed by atoms with Crippen LogP contribution in [0.2, 0.25) is 0 Å². The van der Waals surface area contributed by atoms with Crippen LogP contribution in [0.4, 0.5) is 0 Å². The summed E-state index contributed by atoms with van der Waals surface area (Å²) >= 11 is 0. The van der Waals surface area contributed by atoms with Crippen LogP contribution < -0.4 is 15.4 Å². The Balaban J connectivity index is 1.33. The van der Waals surface area contributed by atoms with Crippen molar-refractivity contribution < 1.29 is 4.74 Å². The Bertz CT molecular complexity index is 1160. The van der Waals surface area contributed by atoms with Crippen LogP contribution in [0.15, 0.2) is 87.7 Å². The molecule has 152 valence electrons. The number of benzene rings is 1. The molecule has 0 radical (unpaired) electrons. The van der Waals surface area contributed by atoms with Gasteiger partial charge < -0.3 is 15.4 Å². The highest BCUT2D eigenvalue weighted by Gasteiger charge is 2.34. The van der Waals surface area contributed by atoms with Crippen LogP contribution >= 0.6 is 0 Å². The number of aliphatic imine (C=N–C) groups is 3. The smallest absolute Gasteiger partial charge is 0.227 e. The van der Waals surface area contributed by atoms with E-state index in [2.05, 4.69) is 36.7 Å². The van der Waals surface area contributed by atoms with E-state index in [1.165, 1.54) is 0 Å². The lowest BCUT2D eigenvalue weighted by Gasteiger charge is -2.23. The van der Waals surface area contributed by atoms with Gasteiger partial charge in [-0.25, -0.2) is 9.98 Å². The summed E-state index contributed by atoms with van der Waals surface area (Å²) < 4.78 is 6.11. The van der Waals surface area contributed by atoms with Crippen molar-refractivity contribution in [1.29, 1.82) is 5.26 Å². The number of hydrogen-bond acceptors (Lipinski definition) is 8. The zero-order valence-corrected chi connectivity index (χ0v) is 16.5. The molecule has 3 aliphatic rings. The van der Waals surface area contributed by atoms with Gasteiger partial charge in [0.05, 0.1) is 18.3 Å². The van der Waals surface area contributed by atoms with Gasteiger partial charge in [-0.1, -0.05) is 24.3 Å². The molecule has 0 spiro atoms. The van der Waals surface area contributed by atoms with Crippen LogP contribution in [0, 0.1) is 17.2 Å². The van der Waals surface area contributed by atoms with E-state index in [0.29, 0.717) is 24.0 Å². The van der Waals surface area contributed by atoms with Gasteiger partial charge in [-0.3, -0.25) is 4.98 Å². The number of hydrogen-bond donors (Lipinski definition) is 2. The minimum absolute atomic E-state index is 0.0932. The first-order chi connectivity index (χ1) is 15.3. The van der Waals surface area contributed by atoms with Crippen molar-refractivity contribution in [1.82, 2.24) is 15.6 Å². The van der Waals surface area contributed by atoms with E-state index in [-0.39, 0.29) is 18.1 Å². The molecule has 3 heterocycles. The predicted molar refractivity (Wildman–Crippen MR) is 118 cm³/mol. The van der Waals surface area contributed by atoms with E-state index < -0.39 is 0 Å². The molecule has 1 aliphatic carbocycles. The summed E-state index contributed by atoms with van der Waals surface area (Å²) in [4.78, 5) is 17.5. The highest BCUT2D eigenvalue weighted by molar-refractivity contribution is 6.01. The van der Waals surface area contributed by atoms with E-state index in [1.807, 2.05) is 54.6 Å². The molecule has 2 aromatic rings. The maximum Gasteiger partial charge on any atom is 0.227 e. The number of pyridine rings is 1. The quantitative estimate of drug-likeness (QED) is 0.811. The second-order valence-corrected chi connectivity index (χ2v) is 7.22. The number of nitriles is 1. The molecule has 3 atom stereocenters. The third-order valence-corrected chi connectivity index (χ3v) is 5.13. The number of rotatable bonds is 3. The van der Waals surface area contributed by atoms with Crippen molar-refractivity contribution in [3.05, 3.63) is 72.7 Å². The van der Waals surface area contributed by atoms with Gasteiger partial charge in [0.25, 0.3) is 0 Å². The third kappa shape index (κ3) is 4.07. The van der Waals surface area contributed by atoms with E-state index in [4.69, 9.17) is 10.00 Å². The Morgan fingerprint density at radius 2 is 1.90 bits per heavy atom. The van der Waals surface area contributed by atoms with Gasteiger partial charge in [-0.05, 0) is 47.9 Å². The molecule has 2 aliphatic heterocycles. The van der Waals surface area contributed by atoms with Gasteiger partial charge in [-0.15, -0.1) is 0 Å². The number of allylic oxidation sites excluding steroid dienone is 3. The van der Waals surface area contributed by atoms with Gasteiger partial charge in [0.2, 0.25) is 11.9 Å². The normalized spacial score (nSPS) is 23.6. The molecule has 3 unspecified atom stereocenters. The summed E-state index contributed by atoms with van der Waals surface area (Å²) in [6, 6.07) is 13.8. The first kappa shape index (κ1) is 18.8. The van der Waals surface area contributed by atoms with Crippen LogP contribution in [0.3, 0.4) is 0 Å². The fraction of sp³-hybridized carbons (Fsp3) is 0.174. The van der Waals surface area contributed by atoms with Crippen molar-refractivity contribution in [3.63, 3.8) is 0 Å². The van der Waals surface area contributed by atoms with Crippen LogP contribution in [-0.4, -0.2) is 35.4 Å². The average Bonchev–Trinajstić information content (AvgIpc) is 3.30. The molecule has 8 nitrogen and oxygen atoms in total. The predicted octanol–water partition coefficient (Wildman–Crippen LogP) is 2.79. The molecule has 31 heavy (non-hydrogen) atoms. The molecular formula is C23H19N7O. The number of ether oxygens (including phenoxy) is 1. The van der Waals surface area contributed by atoms with Gasteiger partial charge >= 0.3 is 0 Å². The molecule has 1 aromatic carbocycles. The van der Waals surface area contributed by atoms with Crippen molar-refractivity contribution in [2.75, 3.05) is 0 Å². The molecule has 8 heteroatoms. The molecule has 0 saturated heterocycles. The first-order valence-corrected chi connectivity index (χ1v) is 9.96. The second-order valence-electron chi connectivity index (χ2n) is 7.22. The van der Waals surface area contributed by atoms with Crippen molar-refractivity contribution in [3.8, 4) is 22.9 Å². The lowest BCUT2D eigenvalue weighted by atomic mass is 10.0. The molecule has 0 bridgehead atoms. The van der Waals surface area contributed by atoms with E-state index >= 15 is 0 Å². The summed E-state index contributed by atoms with van der Waals surface area (Å²) in [6.07, 6.45) is 11.2. The SMILES string of the molecule is N#CC1C=CC(NC2=NC3N=CNC3C(Oc3ccc(-c4ccncc4)cc3)=N2)=CC1. The topological polar surface area (TPSA) is 107 Å². The summed E-state index contributed by atoms with van der Waals surface area (Å²) in [6.45, 7) is 0. The average molecular weight is 409 g/mol. The Morgan fingerprint density at radius 1 is 1.10 bits per heavy atom. The van der Waals surface area contributed by atoms with Crippen molar-refractivity contribution >= 4 is 18.2 Å². The largest absolute Gasteiger partial charge is 0.440 e. The van der Waals surface area contributed by atoms with Crippen molar-refractivity contribution in [2.45, 2.75) is 18.6 Å². The van der Waals surface area contributed by atoms with Crippen molar-refractivity contribution in [2.24, 2.45) is 20.9 Å². The highest BCUT2D eigenvalue weighted by atomic mass is 16.5. The Hall–Kier alpha value is -4.25. The summed E-state index contributed by atoms with van der Waals surface area (Å²) in [5.41, 5.74) is 3.02. The van der Waals surface area contributed by atoms with E-state index in [9.17, 15) is 0 Å². The maximum absolute atomic E-state index is 9.02. The molecule has 5 rings (SSSR count).